The number of para-hydroxylation sites is 1. The summed E-state index contributed by atoms with van der Waals surface area (Å²) < 4.78 is 11.6. The largest absolute Gasteiger partial charge is 0.490 e. The summed E-state index contributed by atoms with van der Waals surface area (Å²) in [6.07, 6.45) is 2.20. The minimum absolute atomic E-state index is 0.166. The zero-order chi connectivity index (χ0) is 12.1. The lowest BCUT2D eigenvalue weighted by atomic mass is 9.95. The normalized spacial score (nSPS) is 24.6. The summed E-state index contributed by atoms with van der Waals surface area (Å²) in [5.74, 6) is 0.953. The molecule has 3 nitrogen and oxygen atoms in total. The summed E-state index contributed by atoms with van der Waals surface area (Å²) in [5, 5.41) is 3.37. The summed E-state index contributed by atoms with van der Waals surface area (Å²) in [6.45, 7) is 4.63. The van der Waals surface area contributed by atoms with Crippen LogP contribution >= 0.6 is 0 Å². The topological polar surface area (TPSA) is 30.5 Å². The molecule has 1 unspecified atom stereocenters. The summed E-state index contributed by atoms with van der Waals surface area (Å²) >= 11 is 0. The number of aryl methyl sites for hydroxylation is 1. The highest BCUT2D eigenvalue weighted by Crippen LogP contribution is 2.23. The number of benzene rings is 1. The first-order valence-electron chi connectivity index (χ1n) is 6.20. The van der Waals surface area contributed by atoms with Gasteiger partial charge in [0.25, 0.3) is 0 Å². The molecule has 0 radical (unpaired) electrons. The van der Waals surface area contributed by atoms with E-state index in [-0.39, 0.29) is 5.60 Å². The van der Waals surface area contributed by atoms with Crippen LogP contribution in [-0.4, -0.2) is 32.4 Å². The molecule has 1 fully saturated rings. The van der Waals surface area contributed by atoms with Gasteiger partial charge in [-0.2, -0.15) is 0 Å². The Bertz CT molecular complexity index is 359. The molecule has 0 spiro atoms. The van der Waals surface area contributed by atoms with Crippen molar-refractivity contribution in [3.63, 3.8) is 0 Å². The Balaban J connectivity index is 1.98. The average Bonchev–Trinajstić information content (AvgIpc) is 2.39. The lowest BCUT2D eigenvalue weighted by Gasteiger charge is -2.36. The van der Waals surface area contributed by atoms with Crippen molar-refractivity contribution in [2.24, 2.45) is 0 Å². The molecule has 0 amide bonds. The van der Waals surface area contributed by atoms with Gasteiger partial charge < -0.3 is 14.8 Å². The van der Waals surface area contributed by atoms with Crippen molar-refractivity contribution in [3.05, 3.63) is 29.8 Å². The Kier molecular flexibility index (Phi) is 4.02. The van der Waals surface area contributed by atoms with Crippen LogP contribution < -0.4 is 10.1 Å². The fourth-order valence-electron chi connectivity index (χ4n) is 2.22. The van der Waals surface area contributed by atoms with Crippen LogP contribution in [0.2, 0.25) is 0 Å². The average molecular weight is 235 g/mol. The molecule has 0 aromatic heterocycles. The second-order valence-corrected chi connectivity index (χ2v) is 4.72. The highest BCUT2D eigenvalue weighted by atomic mass is 16.5. The Labute approximate surface area is 103 Å². The first-order chi connectivity index (χ1) is 8.26. The Morgan fingerprint density at radius 3 is 2.82 bits per heavy atom. The predicted molar refractivity (Wildman–Crippen MR) is 68.5 cm³/mol. The van der Waals surface area contributed by atoms with Gasteiger partial charge in [0, 0.05) is 13.7 Å². The van der Waals surface area contributed by atoms with Crippen molar-refractivity contribution >= 4 is 0 Å². The van der Waals surface area contributed by atoms with E-state index in [1.807, 2.05) is 18.2 Å². The molecule has 1 saturated heterocycles. The maximum absolute atomic E-state index is 5.91. The maximum atomic E-state index is 5.91. The third-order valence-electron chi connectivity index (χ3n) is 3.45. The predicted octanol–water partition coefficient (Wildman–Crippen LogP) is 2.14. The van der Waals surface area contributed by atoms with E-state index in [4.69, 9.17) is 9.47 Å². The van der Waals surface area contributed by atoms with Crippen LogP contribution in [0, 0.1) is 6.92 Å². The van der Waals surface area contributed by atoms with Crippen LogP contribution in [0.15, 0.2) is 24.3 Å². The Hall–Kier alpha value is -1.06. The lowest BCUT2D eigenvalue weighted by molar-refractivity contribution is -0.0589. The van der Waals surface area contributed by atoms with Gasteiger partial charge in [0.1, 0.15) is 18.0 Å². The number of ether oxygens (including phenoxy) is 2. The fourth-order valence-corrected chi connectivity index (χ4v) is 2.22. The van der Waals surface area contributed by atoms with Crippen molar-refractivity contribution in [1.29, 1.82) is 0 Å². The van der Waals surface area contributed by atoms with Crippen molar-refractivity contribution in [3.8, 4) is 5.75 Å². The zero-order valence-electron chi connectivity index (χ0n) is 10.7. The van der Waals surface area contributed by atoms with E-state index < -0.39 is 0 Å². The van der Waals surface area contributed by atoms with E-state index in [1.165, 1.54) is 5.56 Å². The summed E-state index contributed by atoms with van der Waals surface area (Å²) in [4.78, 5) is 0. The Morgan fingerprint density at radius 1 is 1.35 bits per heavy atom. The van der Waals surface area contributed by atoms with Gasteiger partial charge >= 0.3 is 0 Å². The molecular formula is C14H21NO2. The molecule has 1 atom stereocenters. The molecule has 17 heavy (non-hydrogen) atoms. The van der Waals surface area contributed by atoms with Gasteiger partial charge in [0.2, 0.25) is 0 Å². The molecule has 2 rings (SSSR count). The number of rotatable bonds is 4. The second kappa shape index (κ2) is 5.52. The van der Waals surface area contributed by atoms with Crippen molar-refractivity contribution in [2.75, 3.05) is 26.8 Å². The molecule has 0 aliphatic carbocycles. The second-order valence-electron chi connectivity index (χ2n) is 4.72. The van der Waals surface area contributed by atoms with E-state index in [2.05, 4.69) is 18.3 Å². The van der Waals surface area contributed by atoms with Gasteiger partial charge in [0.05, 0.1) is 0 Å². The highest BCUT2D eigenvalue weighted by Gasteiger charge is 2.32. The fraction of sp³-hybridized carbons (Fsp3) is 0.571. The molecule has 0 saturated carbocycles. The third-order valence-corrected chi connectivity index (χ3v) is 3.45. The van der Waals surface area contributed by atoms with E-state index >= 15 is 0 Å². The van der Waals surface area contributed by atoms with Gasteiger partial charge in [-0.05, 0) is 37.9 Å². The molecule has 1 aliphatic rings. The molecule has 3 heteroatoms. The van der Waals surface area contributed by atoms with Gasteiger partial charge in [-0.25, -0.2) is 0 Å². The van der Waals surface area contributed by atoms with Crippen molar-refractivity contribution < 1.29 is 9.47 Å². The number of methoxy groups -OCH3 is 1. The number of hydrogen-bond donors (Lipinski definition) is 1. The van der Waals surface area contributed by atoms with Gasteiger partial charge in [-0.3, -0.25) is 0 Å². The smallest absolute Gasteiger partial charge is 0.122 e. The van der Waals surface area contributed by atoms with E-state index in [0.29, 0.717) is 6.61 Å². The van der Waals surface area contributed by atoms with E-state index in [9.17, 15) is 0 Å². The molecule has 1 heterocycles. The van der Waals surface area contributed by atoms with Crippen LogP contribution in [0.3, 0.4) is 0 Å². The van der Waals surface area contributed by atoms with Crippen LogP contribution in [-0.2, 0) is 4.74 Å². The van der Waals surface area contributed by atoms with Crippen LogP contribution in [0.5, 0.6) is 5.75 Å². The van der Waals surface area contributed by atoms with E-state index in [1.54, 1.807) is 7.11 Å². The minimum atomic E-state index is -0.166. The summed E-state index contributed by atoms with van der Waals surface area (Å²) in [5.41, 5.74) is 1.00. The Morgan fingerprint density at radius 2 is 2.18 bits per heavy atom. The zero-order valence-corrected chi connectivity index (χ0v) is 10.7. The monoisotopic (exact) mass is 235 g/mol. The first kappa shape index (κ1) is 12.4. The molecule has 0 bridgehead atoms. The number of nitrogens with one attached hydrogen (secondary N) is 1. The summed E-state index contributed by atoms with van der Waals surface area (Å²) in [6, 6.07) is 8.10. The maximum Gasteiger partial charge on any atom is 0.122 e. The third kappa shape index (κ3) is 2.99. The summed E-state index contributed by atoms with van der Waals surface area (Å²) in [7, 11) is 1.77. The van der Waals surface area contributed by atoms with E-state index in [0.717, 1.165) is 31.7 Å². The van der Waals surface area contributed by atoms with Gasteiger partial charge in [0.15, 0.2) is 0 Å². The van der Waals surface area contributed by atoms with Crippen molar-refractivity contribution in [1.82, 2.24) is 5.32 Å². The van der Waals surface area contributed by atoms with Crippen LogP contribution in [0.25, 0.3) is 0 Å². The SMILES string of the molecule is COC1(COc2ccccc2C)CCCNC1. The van der Waals surface area contributed by atoms with Gasteiger partial charge in [-0.15, -0.1) is 0 Å². The molecule has 1 N–H and O–H groups in total. The highest BCUT2D eigenvalue weighted by molar-refractivity contribution is 5.31. The quantitative estimate of drug-likeness (QED) is 0.867. The molecule has 94 valence electrons. The molecule has 1 aromatic carbocycles. The van der Waals surface area contributed by atoms with Crippen LogP contribution in [0.1, 0.15) is 18.4 Å². The van der Waals surface area contributed by atoms with Crippen molar-refractivity contribution in [2.45, 2.75) is 25.4 Å². The molecule has 1 aromatic rings. The minimum Gasteiger partial charge on any atom is -0.490 e. The lowest BCUT2D eigenvalue weighted by Crippen LogP contribution is -2.51. The standard InChI is InChI=1S/C14H21NO2/c1-12-6-3-4-7-13(12)17-11-14(16-2)8-5-9-15-10-14/h3-4,6-7,15H,5,8-11H2,1-2H3. The first-order valence-corrected chi connectivity index (χ1v) is 6.20. The number of piperidine rings is 1. The molecular weight excluding hydrogens is 214 g/mol. The molecule has 1 aliphatic heterocycles. The number of hydrogen-bond acceptors (Lipinski definition) is 3. The van der Waals surface area contributed by atoms with Gasteiger partial charge in [-0.1, -0.05) is 18.2 Å². The van der Waals surface area contributed by atoms with Crippen LogP contribution in [0.4, 0.5) is 0 Å².